The number of carbonyl (C=O) groups excluding carboxylic acids is 1. The molecular weight excluding hydrogens is 258 g/mol. The summed E-state index contributed by atoms with van der Waals surface area (Å²) in [7, 11) is 0. The third-order valence-electron chi connectivity index (χ3n) is 3.05. The van der Waals surface area contributed by atoms with Crippen molar-refractivity contribution in [2.75, 3.05) is 43.1 Å². The minimum absolute atomic E-state index is 0.0317. The molecule has 1 atom stereocenters. The molecule has 7 nitrogen and oxygen atoms in total. The van der Waals surface area contributed by atoms with Crippen LogP contribution in [0.2, 0.25) is 0 Å². The Kier molecular flexibility index (Phi) is 5.11. The van der Waals surface area contributed by atoms with Crippen LogP contribution in [0.3, 0.4) is 0 Å². The van der Waals surface area contributed by atoms with E-state index in [1.54, 1.807) is 6.20 Å². The molecule has 0 spiro atoms. The Morgan fingerprint density at radius 3 is 3.10 bits per heavy atom. The third kappa shape index (κ3) is 3.36. The van der Waals surface area contributed by atoms with Gasteiger partial charge in [-0.05, 0) is 19.9 Å². The molecule has 1 fully saturated rings. The van der Waals surface area contributed by atoms with Gasteiger partial charge in [-0.2, -0.15) is 4.98 Å². The lowest BCUT2D eigenvalue weighted by Gasteiger charge is -2.35. The van der Waals surface area contributed by atoms with Gasteiger partial charge in [0, 0.05) is 25.8 Å². The molecule has 1 aromatic rings. The van der Waals surface area contributed by atoms with Crippen LogP contribution in [0.1, 0.15) is 13.8 Å². The molecule has 1 aliphatic rings. The Bertz CT molecular complexity index is 454. The molecule has 2 N–H and O–H groups in total. The fourth-order valence-corrected chi connectivity index (χ4v) is 2.14. The smallest absolute Gasteiger partial charge is 0.245 e. The van der Waals surface area contributed by atoms with Crippen molar-refractivity contribution >= 4 is 17.7 Å². The molecule has 1 saturated heterocycles. The Balaban J connectivity index is 2.18. The van der Waals surface area contributed by atoms with E-state index in [9.17, 15) is 4.79 Å². The molecule has 2 rings (SSSR count). The van der Waals surface area contributed by atoms with Gasteiger partial charge in [-0.1, -0.05) is 0 Å². The number of likely N-dealkylation sites (N-methyl/N-ethyl adjacent to an activating group) is 1. The number of hydrogen-bond donors (Lipinski definition) is 2. The van der Waals surface area contributed by atoms with Crippen LogP contribution in [-0.4, -0.2) is 54.8 Å². The zero-order valence-electron chi connectivity index (χ0n) is 11.9. The second-order valence-electron chi connectivity index (χ2n) is 4.45. The van der Waals surface area contributed by atoms with Gasteiger partial charge in [0.25, 0.3) is 0 Å². The van der Waals surface area contributed by atoms with E-state index in [1.807, 2.05) is 24.8 Å². The Morgan fingerprint density at radius 1 is 1.50 bits per heavy atom. The maximum Gasteiger partial charge on any atom is 0.245 e. The van der Waals surface area contributed by atoms with Crippen molar-refractivity contribution in [2.24, 2.45) is 0 Å². The number of morpholine rings is 1. The molecule has 7 heteroatoms. The van der Waals surface area contributed by atoms with E-state index in [4.69, 9.17) is 4.74 Å². The van der Waals surface area contributed by atoms with Gasteiger partial charge in [0.1, 0.15) is 11.9 Å². The molecule has 2 heterocycles. The lowest BCUT2D eigenvalue weighted by molar-refractivity contribution is -0.124. The van der Waals surface area contributed by atoms with E-state index in [0.29, 0.717) is 32.3 Å². The van der Waals surface area contributed by atoms with Gasteiger partial charge in [-0.25, -0.2) is 4.98 Å². The summed E-state index contributed by atoms with van der Waals surface area (Å²) in [6, 6.07) is 1.48. The van der Waals surface area contributed by atoms with E-state index < -0.39 is 0 Å². The van der Waals surface area contributed by atoms with E-state index in [0.717, 1.165) is 12.4 Å². The highest BCUT2D eigenvalue weighted by molar-refractivity contribution is 5.85. The van der Waals surface area contributed by atoms with Gasteiger partial charge < -0.3 is 20.3 Å². The molecule has 110 valence electrons. The molecule has 1 aromatic heterocycles. The van der Waals surface area contributed by atoms with Gasteiger partial charge in [-0.15, -0.1) is 0 Å². The quantitative estimate of drug-likeness (QED) is 0.804. The number of nitrogens with one attached hydrogen (secondary N) is 2. The summed E-state index contributed by atoms with van der Waals surface area (Å²) in [5, 5.41) is 5.91. The number of rotatable bonds is 5. The summed E-state index contributed by atoms with van der Waals surface area (Å²) in [6.07, 6.45) is 1.70. The lowest BCUT2D eigenvalue weighted by atomic mass is 10.2. The summed E-state index contributed by atoms with van der Waals surface area (Å²) in [6.45, 7) is 6.87. The fraction of sp³-hybridized carbons (Fsp3) is 0.615. The highest BCUT2D eigenvalue weighted by atomic mass is 16.5. The standard InChI is InChI=1S/C13H21N5O2/c1-3-14-12(19)10-9-20-8-7-18(10)11-5-6-16-13(17-11)15-4-2/h5-6,10H,3-4,7-9H2,1-2H3,(H,14,19)(H,15,16,17). The van der Waals surface area contributed by atoms with Gasteiger partial charge in [0.2, 0.25) is 11.9 Å². The minimum Gasteiger partial charge on any atom is -0.377 e. The van der Waals surface area contributed by atoms with Crippen molar-refractivity contribution in [3.05, 3.63) is 12.3 Å². The number of ether oxygens (including phenoxy) is 1. The van der Waals surface area contributed by atoms with Crippen molar-refractivity contribution in [3.63, 3.8) is 0 Å². The third-order valence-corrected chi connectivity index (χ3v) is 3.05. The molecule has 0 aliphatic carbocycles. The van der Waals surface area contributed by atoms with Gasteiger partial charge >= 0.3 is 0 Å². The number of hydrogen-bond acceptors (Lipinski definition) is 6. The average Bonchev–Trinajstić information content (AvgIpc) is 2.48. The molecule has 0 radical (unpaired) electrons. The summed E-state index contributed by atoms with van der Waals surface area (Å²) in [5.41, 5.74) is 0. The Labute approximate surface area is 118 Å². The monoisotopic (exact) mass is 279 g/mol. The molecule has 1 amide bonds. The second-order valence-corrected chi connectivity index (χ2v) is 4.45. The molecule has 1 aliphatic heterocycles. The lowest BCUT2D eigenvalue weighted by Crippen LogP contribution is -2.54. The average molecular weight is 279 g/mol. The Morgan fingerprint density at radius 2 is 2.35 bits per heavy atom. The highest BCUT2D eigenvalue weighted by Gasteiger charge is 2.30. The number of nitrogens with zero attached hydrogens (tertiary/aromatic N) is 3. The van der Waals surface area contributed by atoms with Crippen LogP contribution in [0.4, 0.5) is 11.8 Å². The van der Waals surface area contributed by atoms with Crippen LogP contribution in [0, 0.1) is 0 Å². The maximum atomic E-state index is 12.1. The fourth-order valence-electron chi connectivity index (χ4n) is 2.14. The van der Waals surface area contributed by atoms with Crippen LogP contribution in [0.5, 0.6) is 0 Å². The van der Waals surface area contributed by atoms with Crippen LogP contribution < -0.4 is 15.5 Å². The summed E-state index contributed by atoms with van der Waals surface area (Å²) >= 11 is 0. The predicted octanol–water partition coefficient (Wildman–Crippen LogP) is 0.250. The summed E-state index contributed by atoms with van der Waals surface area (Å²) < 4.78 is 5.42. The molecule has 0 aromatic carbocycles. The van der Waals surface area contributed by atoms with E-state index in [1.165, 1.54) is 0 Å². The van der Waals surface area contributed by atoms with E-state index >= 15 is 0 Å². The van der Waals surface area contributed by atoms with Crippen LogP contribution in [-0.2, 0) is 9.53 Å². The first kappa shape index (κ1) is 14.5. The molecule has 0 saturated carbocycles. The molecular formula is C13H21N5O2. The number of carbonyl (C=O) groups is 1. The molecule has 0 bridgehead atoms. The van der Waals surface area contributed by atoms with Gasteiger partial charge in [-0.3, -0.25) is 4.79 Å². The number of anilines is 2. The zero-order chi connectivity index (χ0) is 14.4. The minimum atomic E-state index is -0.340. The largest absolute Gasteiger partial charge is 0.377 e. The van der Waals surface area contributed by atoms with Crippen molar-refractivity contribution in [1.82, 2.24) is 15.3 Å². The normalized spacial score (nSPS) is 18.7. The highest BCUT2D eigenvalue weighted by Crippen LogP contribution is 2.18. The van der Waals surface area contributed by atoms with Crippen molar-refractivity contribution in [2.45, 2.75) is 19.9 Å². The van der Waals surface area contributed by atoms with Crippen LogP contribution in [0.25, 0.3) is 0 Å². The first-order valence-electron chi connectivity index (χ1n) is 6.95. The van der Waals surface area contributed by atoms with E-state index in [2.05, 4.69) is 20.6 Å². The van der Waals surface area contributed by atoms with Gasteiger partial charge in [0.15, 0.2) is 0 Å². The molecule has 20 heavy (non-hydrogen) atoms. The number of amides is 1. The van der Waals surface area contributed by atoms with Gasteiger partial charge in [0.05, 0.1) is 13.2 Å². The number of aromatic nitrogens is 2. The second kappa shape index (κ2) is 7.04. The van der Waals surface area contributed by atoms with Crippen LogP contribution >= 0.6 is 0 Å². The SMILES string of the molecule is CCNC(=O)C1COCCN1c1ccnc(NCC)n1. The van der Waals surface area contributed by atoms with Crippen molar-refractivity contribution in [1.29, 1.82) is 0 Å². The summed E-state index contributed by atoms with van der Waals surface area (Å²) in [4.78, 5) is 22.7. The predicted molar refractivity (Wildman–Crippen MR) is 76.8 cm³/mol. The first-order valence-corrected chi connectivity index (χ1v) is 6.95. The maximum absolute atomic E-state index is 12.1. The van der Waals surface area contributed by atoms with E-state index in [-0.39, 0.29) is 11.9 Å². The van der Waals surface area contributed by atoms with Crippen molar-refractivity contribution in [3.8, 4) is 0 Å². The summed E-state index contributed by atoms with van der Waals surface area (Å²) in [5.74, 6) is 1.29. The van der Waals surface area contributed by atoms with Crippen LogP contribution in [0.15, 0.2) is 12.3 Å². The topological polar surface area (TPSA) is 79.4 Å². The first-order chi connectivity index (χ1) is 9.76. The molecule has 1 unspecified atom stereocenters. The zero-order valence-corrected chi connectivity index (χ0v) is 11.9. The Hall–Kier alpha value is -1.89. The van der Waals surface area contributed by atoms with Crippen molar-refractivity contribution < 1.29 is 9.53 Å².